The van der Waals surface area contributed by atoms with Gasteiger partial charge in [0, 0.05) is 19.1 Å². The number of aromatic hydroxyl groups is 2. The number of phenols is 2. The van der Waals surface area contributed by atoms with Crippen molar-refractivity contribution in [2.24, 2.45) is 0 Å². The molecule has 0 fully saturated rings. The molecule has 0 unspecified atom stereocenters. The Morgan fingerprint density at radius 3 is 2.71 bits per heavy atom. The van der Waals surface area contributed by atoms with Gasteiger partial charge in [-0.1, -0.05) is 6.07 Å². The summed E-state index contributed by atoms with van der Waals surface area (Å²) < 4.78 is 4.76. The van der Waals surface area contributed by atoms with Crippen LogP contribution in [0.2, 0.25) is 0 Å². The molecule has 3 N–H and O–H groups in total. The van der Waals surface area contributed by atoms with E-state index in [0.717, 1.165) is 0 Å². The fourth-order valence-corrected chi connectivity index (χ4v) is 1.09. The highest BCUT2D eigenvalue weighted by Crippen LogP contribution is 2.25. The zero-order valence-corrected chi connectivity index (χ0v) is 9.17. The van der Waals surface area contributed by atoms with Gasteiger partial charge in [-0.2, -0.15) is 0 Å². The Bertz CT molecular complexity index is 411. The van der Waals surface area contributed by atoms with Crippen LogP contribution in [0.5, 0.6) is 11.5 Å². The summed E-state index contributed by atoms with van der Waals surface area (Å²) in [6.07, 6.45) is 3.07. The average Bonchev–Trinajstić information content (AvgIpc) is 2.31. The number of benzene rings is 1. The molecule has 0 spiro atoms. The van der Waals surface area contributed by atoms with Gasteiger partial charge in [0.25, 0.3) is 0 Å². The Labute approximate surface area is 98.6 Å². The molecule has 0 bridgehead atoms. The summed E-state index contributed by atoms with van der Waals surface area (Å²) in [4.78, 5) is 11.1. The lowest BCUT2D eigenvalue weighted by Gasteiger charge is -2.00. The molecule has 1 aromatic rings. The first-order valence-corrected chi connectivity index (χ1v) is 5.11. The van der Waals surface area contributed by atoms with E-state index in [1.807, 2.05) is 0 Å². The molecule has 1 rings (SSSR count). The Morgan fingerprint density at radius 1 is 1.29 bits per heavy atom. The van der Waals surface area contributed by atoms with Crippen molar-refractivity contribution in [1.29, 1.82) is 0 Å². The van der Waals surface area contributed by atoms with Gasteiger partial charge in [-0.15, -0.1) is 0 Å². The minimum atomic E-state index is -0.522. The van der Waals surface area contributed by atoms with E-state index in [9.17, 15) is 9.90 Å². The van der Waals surface area contributed by atoms with Gasteiger partial charge < -0.3 is 20.1 Å². The zero-order valence-electron chi connectivity index (χ0n) is 9.17. The average molecular weight is 238 g/mol. The lowest BCUT2D eigenvalue weighted by atomic mass is 10.2. The first kappa shape index (κ1) is 13.1. The fourth-order valence-electron chi connectivity index (χ4n) is 1.09. The van der Waals surface area contributed by atoms with Gasteiger partial charge in [0.05, 0.1) is 6.61 Å². The second-order valence-electron chi connectivity index (χ2n) is 3.33. The topological polar surface area (TPSA) is 87.0 Å². The SMILES string of the molecule is O=C(/C=C/c1ccc(O)c(O)c1)OCCCO. The van der Waals surface area contributed by atoms with Crippen LogP contribution < -0.4 is 0 Å². The molecule has 0 atom stereocenters. The summed E-state index contributed by atoms with van der Waals surface area (Å²) >= 11 is 0. The van der Waals surface area contributed by atoms with E-state index in [-0.39, 0.29) is 24.7 Å². The van der Waals surface area contributed by atoms with Gasteiger partial charge in [0.15, 0.2) is 11.5 Å². The zero-order chi connectivity index (χ0) is 12.7. The van der Waals surface area contributed by atoms with E-state index in [0.29, 0.717) is 12.0 Å². The predicted molar refractivity (Wildman–Crippen MR) is 61.5 cm³/mol. The lowest BCUT2D eigenvalue weighted by Crippen LogP contribution is -2.03. The van der Waals surface area contributed by atoms with E-state index < -0.39 is 5.97 Å². The van der Waals surface area contributed by atoms with Crippen LogP contribution in [0.1, 0.15) is 12.0 Å². The smallest absolute Gasteiger partial charge is 0.330 e. The van der Waals surface area contributed by atoms with Crippen LogP contribution in [-0.2, 0) is 9.53 Å². The van der Waals surface area contributed by atoms with Crippen LogP contribution in [0, 0.1) is 0 Å². The van der Waals surface area contributed by atoms with Crippen LogP contribution in [0.3, 0.4) is 0 Å². The fraction of sp³-hybridized carbons (Fsp3) is 0.250. The standard InChI is InChI=1S/C12H14O5/c13-6-1-7-17-12(16)5-3-9-2-4-10(14)11(15)8-9/h2-5,8,13-15H,1,6-7H2/b5-3+. The maximum absolute atomic E-state index is 11.1. The van der Waals surface area contributed by atoms with Crippen LogP contribution in [-0.4, -0.2) is 34.5 Å². The molecule has 0 aliphatic heterocycles. The summed E-state index contributed by atoms with van der Waals surface area (Å²) in [5.41, 5.74) is 0.569. The van der Waals surface area contributed by atoms with E-state index in [1.165, 1.54) is 24.3 Å². The quantitative estimate of drug-likeness (QED) is 0.309. The largest absolute Gasteiger partial charge is 0.504 e. The van der Waals surface area contributed by atoms with Crippen LogP contribution >= 0.6 is 0 Å². The maximum atomic E-state index is 11.1. The Hall–Kier alpha value is -2.01. The highest BCUT2D eigenvalue weighted by Gasteiger charge is 1.99. The summed E-state index contributed by atoms with van der Waals surface area (Å²) in [6, 6.07) is 4.20. The molecule has 0 aliphatic carbocycles. The molecule has 0 saturated heterocycles. The number of esters is 1. The third kappa shape index (κ3) is 4.56. The van der Waals surface area contributed by atoms with Crippen molar-refractivity contribution in [2.45, 2.75) is 6.42 Å². The monoisotopic (exact) mass is 238 g/mol. The van der Waals surface area contributed by atoms with Crippen molar-refractivity contribution in [3.8, 4) is 11.5 Å². The molecule has 0 radical (unpaired) electrons. The summed E-state index contributed by atoms with van der Waals surface area (Å²) in [7, 11) is 0. The molecular formula is C12H14O5. The van der Waals surface area contributed by atoms with E-state index >= 15 is 0 Å². The van der Waals surface area contributed by atoms with E-state index in [2.05, 4.69) is 0 Å². The molecule has 17 heavy (non-hydrogen) atoms. The lowest BCUT2D eigenvalue weighted by molar-refractivity contribution is -0.137. The number of hydrogen-bond acceptors (Lipinski definition) is 5. The van der Waals surface area contributed by atoms with Crippen molar-refractivity contribution in [2.75, 3.05) is 13.2 Å². The molecule has 92 valence electrons. The van der Waals surface area contributed by atoms with Gasteiger partial charge in [-0.05, 0) is 23.8 Å². The molecule has 0 saturated carbocycles. The Kier molecular flexibility index (Phi) is 5.03. The normalized spacial score (nSPS) is 10.6. The molecule has 0 amide bonds. The Morgan fingerprint density at radius 2 is 2.06 bits per heavy atom. The minimum Gasteiger partial charge on any atom is -0.504 e. The van der Waals surface area contributed by atoms with Crippen LogP contribution in [0.4, 0.5) is 0 Å². The third-order valence-corrected chi connectivity index (χ3v) is 1.96. The second-order valence-corrected chi connectivity index (χ2v) is 3.33. The number of ether oxygens (including phenoxy) is 1. The van der Waals surface area contributed by atoms with Gasteiger partial charge in [0.2, 0.25) is 0 Å². The van der Waals surface area contributed by atoms with Crippen molar-refractivity contribution >= 4 is 12.0 Å². The minimum absolute atomic E-state index is 0.0250. The highest BCUT2D eigenvalue weighted by molar-refractivity contribution is 5.87. The number of hydrogen-bond donors (Lipinski definition) is 3. The second kappa shape index (κ2) is 6.55. The number of carbonyl (C=O) groups excluding carboxylic acids is 1. The number of phenolic OH excluding ortho intramolecular Hbond substituents is 2. The molecule has 0 aromatic heterocycles. The van der Waals surface area contributed by atoms with Gasteiger partial charge in [-0.25, -0.2) is 4.79 Å². The van der Waals surface area contributed by atoms with Gasteiger partial charge >= 0.3 is 5.97 Å². The first-order chi connectivity index (χ1) is 8.13. The number of aliphatic hydroxyl groups excluding tert-OH is 1. The van der Waals surface area contributed by atoms with Crippen molar-refractivity contribution < 1.29 is 24.9 Å². The van der Waals surface area contributed by atoms with Crippen molar-refractivity contribution in [1.82, 2.24) is 0 Å². The predicted octanol–water partition coefficient (Wildman–Crippen LogP) is 1.04. The van der Waals surface area contributed by atoms with Gasteiger partial charge in [0.1, 0.15) is 0 Å². The number of aliphatic hydroxyl groups is 1. The molecule has 0 aliphatic rings. The highest BCUT2D eigenvalue weighted by atomic mass is 16.5. The van der Waals surface area contributed by atoms with Gasteiger partial charge in [-0.3, -0.25) is 0 Å². The van der Waals surface area contributed by atoms with E-state index in [1.54, 1.807) is 6.07 Å². The molecule has 5 nitrogen and oxygen atoms in total. The molecule has 0 heterocycles. The van der Waals surface area contributed by atoms with E-state index in [4.69, 9.17) is 14.9 Å². The van der Waals surface area contributed by atoms with Crippen molar-refractivity contribution in [3.05, 3.63) is 29.8 Å². The Balaban J connectivity index is 2.52. The first-order valence-electron chi connectivity index (χ1n) is 5.11. The summed E-state index contributed by atoms with van der Waals surface area (Å²) in [5.74, 6) is -0.987. The summed E-state index contributed by atoms with van der Waals surface area (Å²) in [6.45, 7) is 0.142. The molecule has 1 aromatic carbocycles. The third-order valence-electron chi connectivity index (χ3n) is 1.96. The van der Waals surface area contributed by atoms with Crippen LogP contribution in [0.25, 0.3) is 6.08 Å². The molecular weight excluding hydrogens is 224 g/mol. The number of carbonyl (C=O) groups is 1. The maximum Gasteiger partial charge on any atom is 0.330 e. The number of rotatable bonds is 5. The summed E-state index contributed by atoms with van der Waals surface area (Å²) in [5, 5.41) is 26.8. The molecule has 5 heteroatoms. The van der Waals surface area contributed by atoms with Crippen molar-refractivity contribution in [3.63, 3.8) is 0 Å². The van der Waals surface area contributed by atoms with Crippen LogP contribution in [0.15, 0.2) is 24.3 Å².